The van der Waals surface area contributed by atoms with E-state index in [-0.39, 0.29) is 11.4 Å². The summed E-state index contributed by atoms with van der Waals surface area (Å²) in [4.78, 5) is 33.1. The Hall–Kier alpha value is -7.39. The molecule has 7 nitrogen and oxygen atoms in total. The Morgan fingerprint density at radius 1 is 0.333 bits per heavy atom. The second kappa shape index (κ2) is 12.7. The highest BCUT2D eigenvalue weighted by molar-refractivity contribution is 6.09. The topological polar surface area (TPSA) is 90.2 Å². The number of fused-ring (bicyclic) bond motifs is 6. The third-order valence-electron chi connectivity index (χ3n) is 9.59. The van der Waals surface area contributed by atoms with Crippen molar-refractivity contribution in [2.45, 2.75) is 0 Å². The molecule has 10 rings (SSSR count). The Bertz CT molecular complexity index is 2910. The lowest BCUT2D eigenvalue weighted by molar-refractivity contribution is 0.584. The van der Waals surface area contributed by atoms with Gasteiger partial charge < -0.3 is 0 Å². The summed E-state index contributed by atoms with van der Waals surface area (Å²) in [5, 5.41) is 3.93. The molecule has 9 heteroatoms. The van der Waals surface area contributed by atoms with Crippen molar-refractivity contribution in [3.63, 3.8) is 0 Å². The average molecular weight is 702 g/mol. The molecule has 54 heavy (non-hydrogen) atoms. The zero-order valence-electron chi connectivity index (χ0n) is 28.3. The van der Waals surface area contributed by atoms with Gasteiger partial charge in [0.2, 0.25) is 0 Å². The third kappa shape index (κ3) is 5.46. The van der Waals surface area contributed by atoms with Crippen LogP contribution in [-0.4, -0.2) is 34.9 Å². The monoisotopic (exact) mass is 701 g/mol. The number of hydrogen-bond donors (Lipinski definition) is 0. The molecule has 0 aliphatic heterocycles. The Kier molecular flexibility index (Phi) is 7.36. The molecule has 254 valence electrons. The molecule has 0 aliphatic rings. The van der Waals surface area contributed by atoms with E-state index < -0.39 is 11.6 Å². The number of nitrogens with zero attached hydrogens (tertiary/aromatic N) is 7. The summed E-state index contributed by atoms with van der Waals surface area (Å²) in [6.45, 7) is 0. The molecule has 0 unspecified atom stereocenters. The smallest absolute Gasteiger partial charge is 0.164 e. The van der Waals surface area contributed by atoms with E-state index in [4.69, 9.17) is 15.0 Å². The highest BCUT2D eigenvalue weighted by Gasteiger charge is 2.17. The maximum absolute atomic E-state index is 14.6. The van der Waals surface area contributed by atoms with Gasteiger partial charge in [0.15, 0.2) is 17.5 Å². The minimum atomic E-state index is -0.726. The molecule has 10 aromatic rings. The van der Waals surface area contributed by atoms with E-state index in [0.29, 0.717) is 22.8 Å². The lowest BCUT2D eigenvalue weighted by atomic mass is 9.98. The summed E-state index contributed by atoms with van der Waals surface area (Å²) < 4.78 is 29.1. The Morgan fingerprint density at radius 2 is 0.778 bits per heavy atom. The summed E-state index contributed by atoms with van der Waals surface area (Å²) in [7, 11) is 0. The number of rotatable bonds is 5. The van der Waals surface area contributed by atoms with Gasteiger partial charge >= 0.3 is 0 Å². The van der Waals surface area contributed by atoms with Crippen molar-refractivity contribution in [2.24, 2.45) is 0 Å². The molecular formula is C45H25F2N7. The van der Waals surface area contributed by atoms with E-state index in [9.17, 15) is 8.78 Å². The molecule has 0 radical (unpaired) electrons. The van der Waals surface area contributed by atoms with Crippen molar-refractivity contribution in [3.8, 4) is 56.4 Å². The van der Waals surface area contributed by atoms with Crippen LogP contribution in [0.1, 0.15) is 0 Å². The first-order valence-electron chi connectivity index (χ1n) is 17.2. The molecule has 0 amide bonds. The fourth-order valence-electron chi connectivity index (χ4n) is 7.11. The van der Waals surface area contributed by atoms with Crippen LogP contribution in [0.15, 0.2) is 152 Å². The van der Waals surface area contributed by atoms with Gasteiger partial charge in [-0.25, -0.2) is 23.7 Å². The second-order valence-corrected chi connectivity index (χ2v) is 12.9. The highest BCUT2D eigenvalue weighted by atomic mass is 19.1. The minimum absolute atomic E-state index is 0.142. The van der Waals surface area contributed by atoms with Gasteiger partial charge in [-0.15, -0.1) is 0 Å². The first-order chi connectivity index (χ1) is 26.6. The number of benzene rings is 5. The first-order valence-corrected chi connectivity index (χ1v) is 17.2. The quantitative estimate of drug-likeness (QED) is 0.165. The van der Waals surface area contributed by atoms with Gasteiger partial charge in [0.25, 0.3) is 0 Å². The van der Waals surface area contributed by atoms with Crippen LogP contribution in [0.25, 0.3) is 100 Å². The largest absolute Gasteiger partial charge is 0.254 e. The molecule has 5 heterocycles. The van der Waals surface area contributed by atoms with Gasteiger partial charge in [-0.1, -0.05) is 72.8 Å². The zero-order valence-corrected chi connectivity index (χ0v) is 28.3. The number of hydrogen-bond acceptors (Lipinski definition) is 7. The SMILES string of the molecule is Fc1cc(F)cc(-c2nc(-c3cccc(-c4ccnc5c4ccc4cccnc45)c3)nc(-c3cccc(-c4ccnc5c4ccc4cccnc45)c3)n2)c1. The summed E-state index contributed by atoms with van der Waals surface area (Å²) in [5.74, 6) is -0.608. The van der Waals surface area contributed by atoms with Gasteiger partial charge in [0.1, 0.15) is 11.6 Å². The van der Waals surface area contributed by atoms with Crippen molar-refractivity contribution < 1.29 is 8.78 Å². The van der Waals surface area contributed by atoms with Crippen LogP contribution in [0.3, 0.4) is 0 Å². The molecule has 0 fully saturated rings. The number of halogens is 2. The summed E-state index contributed by atoms with van der Waals surface area (Å²) in [6, 6.07) is 39.1. The van der Waals surface area contributed by atoms with Crippen LogP contribution in [0.2, 0.25) is 0 Å². The van der Waals surface area contributed by atoms with Crippen molar-refractivity contribution in [2.75, 3.05) is 0 Å². The van der Waals surface area contributed by atoms with Crippen LogP contribution >= 0.6 is 0 Å². The van der Waals surface area contributed by atoms with Crippen molar-refractivity contribution in [1.82, 2.24) is 34.9 Å². The van der Waals surface area contributed by atoms with Crippen LogP contribution in [0, 0.1) is 11.6 Å². The lowest BCUT2D eigenvalue weighted by Crippen LogP contribution is -2.01. The van der Waals surface area contributed by atoms with Gasteiger partial charge in [-0.2, -0.15) is 0 Å². The molecule has 5 aromatic heterocycles. The van der Waals surface area contributed by atoms with Crippen LogP contribution in [0.5, 0.6) is 0 Å². The predicted octanol–water partition coefficient (Wildman–Crippen LogP) is 10.7. The van der Waals surface area contributed by atoms with Crippen molar-refractivity contribution in [1.29, 1.82) is 0 Å². The Balaban J connectivity index is 1.13. The fourth-order valence-corrected chi connectivity index (χ4v) is 7.11. The van der Waals surface area contributed by atoms with Gasteiger partial charge in [-0.05, 0) is 70.8 Å². The minimum Gasteiger partial charge on any atom is -0.254 e. The van der Waals surface area contributed by atoms with Crippen molar-refractivity contribution >= 4 is 43.6 Å². The van der Waals surface area contributed by atoms with E-state index in [1.165, 1.54) is 12.1 Å². The Morgan fingerprint density at radius 3 is 1.28 bits per heavy atom. The molecule has 0 aliphatic carbocycles. The highest BCUT2D eigenvalue weighted by Crippen LogP contribution is 2.36. The predicted molar refractivity (Wildman–Crippen MR) is 208 cm³/mol. The molecule has 0 atom stereocenters. The van der Waals surface area contributed by atoms with Gasteiger partial charge in [0.05, 0.1) is 22.1 Å². The summed E-state index contributed by atoms with van der Waals surface area (Å²) in [6.07, 6.45) is 7.11. The number of pyridine rings is 4. The molecule has 0 spiro atoms. The molecule has 0 saturated heterocycles. The van der Waals surface area contributed by atoms with E-state index >= 15 is 0 Å². The normalized spacial score (nSPS) is 11.5. The Labute approximate surface area is 306 Å². The molecule has 0 saturated carbocycles. The van der Waals surface area contributed by atoms with E-state index in [0.717, 1.165) is 71.9 Å². The lowest BCUT2D eigenvalue weighted by Gasteiger charge is -2.12. The van der Waals surface area contributed by atoms with Crippen LogP contribution in [0.4, 0.5) is 8.78 Å². The summed E-state index contributed by atoms with van der Waals surface area (Å²) in [5.41, 5.74) is 8.65. The molecule has 5 aromatic carbocycles. The maximum Gasteiger partial charge on any atom is 0.164 e. The van der Waals surface area contributed by atoms with E-state index in [2.05, 4.69) is 32.1 Å². The van der Waals surface area contributed by atoms with E-state index in [1.807, 2.05) is 97.1 Å². The third-order valence-corrected chi connectivity index (χ3v) is 9.59. The molecule has 0 N–H and O–H groups in total. The molecular weight excluding hydrogens is 677 g/mol. The van der Waals surface area contributed by atoms with Gasteiger partial charge in [0, 0.05) is 69.1 Å². The maximum atomic E-state index is 14.6. The zero-order chi connectivity index (χ0) is 36.2. The molecule has 0 bridgehead atoms. The van der Waals surface area contributed by atoms with E-state index in [1.54, 1.807) is 24.8 Å². The second-order valence-electron chi connectivity index (χ2n) is 12.9. The standard InChI is InChI=1S/C45H25F2N7/c46-33-23-32(24-34(47)25-33)45-53-43(30-7-1-5-28(21-30)35-15-19-50-41-37(35)13-11-26-9-3-17-48-39(26)41)52-44(54-45)31-8-2-6-29(22-31)36-16-20-51-42-38(36)14-12-27-10-4-18-49-40(27)42/h1-25H. The van der Waals surface area contributed by atoms with Crippen LogP contribution < -0.4 is 0 Å². The summed E-state index contributed by atoms with van der Waals surface area (Å²) >= 11 is 0. The van der Waals surface area contributed by atoms with Gasteiger partial charge in [-0.3, -0.25) is 19.9 Å². The number of aromatic nitrogens is 7. The fraction of sp³-hybridized carbons (Fsp3) is 0. The van der Waals surface area contributed by atoms with Crippen molar-refractivity contribution in [3.05, 3.63) is 164 Å². The first kappa shape index (κ1) is 31.4. The van der Waals surface area contributed by atoms with Crippen LogP contribution in [-0.2, 0) is 0 Å². The average Bonchev–Trinajstić information content (AvgIpc) is 3.22.